The highest BCUT2D eigenvalue weighted by molar-refractivity contribution is 5.60. The molecule has 1 aromatic carbocycles. The van der Waals surface area contributed by atoms with Crippen LogP contribution >= 0.6 is 0 Å². The van der Waals surface area contributed by atoms with Gasteiger partial charge in [-0.25, -0.2) is 0 Å². The zero-order valence-electron chi connectivity index (χ0n) is 10.0. The normalized spacial score (nSPS) is 26.7. The van der Waals surface area contributed by atoms with E-state index in [1.54, 1.807) is 18.2 Å². The molecular formula is C14H12F3NO. The van der Waals surface area contributed by atoms with Gasteiger partial charge in [0.2, 0.25) is 0 Å². The number of hydrogen-bond donors (Lipinski definition) is 0. The summed E-state index contributed by atoms with van der Waals surface area (Å²) in [6, 6.07) is 8.73. The summed E-state index contributed by atoms with van der Waals surface area (Å²) in [4.78, 5) is 1.48. The summed E-state index contributed by atoms with van der Waals surface area (Å²) in [5, 5.41) is 0. The molecule has 1 saturated carbocycles. The molecule has 0 aromatic heterocycles. The molecule has 0 bridgehead atoms. The number of nitrogens with zero attached hydrogens (tertiary/aromatic N) is 1. The molecule has 2 atom stereocenters. The predicted molar refractivity (Wildman–Crippen MR) is 64.1 cm³/mol. The second-order valence-corrected chi connectivity index (χ2v) is 4.84. The molecule has 1 aliphatic carbocycles. The number of anilines is 1. The van der Waals surface area contributed by atoms with Gasteiger partial charge >= 0.3 is 6.18 Å². The highest BCUT2D eigenvalue weighted by Crippen LogP contribution is 2.49. The van der Waals surface area contributed by atoms with Crippen molar-refractivity contribution >= 4 is 5.69 Å². The Hall–Kier alpha value is -1.67. The molecule has 1 unspecified atom stereocenters. The predicted octanol–water partition coefficient (Wildman–Crippen LogP) is 3.45. The van der Waals surface area contributed by atoms with Crippen LogP contribution in [0.25, 0.3) is 0 Å². The van der Waals surface area contributed by atoms with E-state index >= 15 is 0 Å². The second-order valence-electron chi connectivity index (χ2n) is 4.84. The summed E-state index contributed by atoms with van der Waals surface area (Å²) in [6.07, 6.45) is 0.166. The Morgan fingerprint density at radius 1 is 1.26 bits per heavy atom. The second kappa shape index (κ2) is 4.17. The Kier molecular flexibility index (Phi) is 2.72. The van der Waals surface area contributed by atoms with E-state index in [1.165, 1.54) is 11.0 Å². The molecule has 0 amide bonds. The number of terminal acetylenes is 1. The molecule has 2 nitrogen and oxygen atoms in total. The van der Waals surface area contributed by atoms with Gasteiger partial charge in [-0.2, -0.15) is 13.2 Å². The van der Waals surface area contributed by atoms with Crippen LogP contribution in [0.1, 0.15) is 24.5 Å². The van der Waals surface area contributed by atoms with Gasteiger partial charge in [0.25, 0.3) is 0 Å². The van der Waals surface area contributed by atoms with Crippen LogP contribution < -0.4 is 4.90 Å². The van der Waals surface area contributed by atoms with E-state index in [0.29, 0.717) is 5.69 Å². The van der Waals surface area contributed by atoms with Gasteiger partial charge in [-0.05, 0) is 18.9 Å². The van der Waals surface area contributed by atoms with Crippen molar-refractivity contribution in [1.29, 1.82) is 0 Å². The molecule has 0 saturated heterocycles. The molecular weight excluding hydrogens is 255 g/mol. The first-order valence-corrected chi connectivity index (χ1v) is 6.09. The van der Waals surface area contributed by atoms with Crippen LogP contribution in [0.5, 0.6) is 0 Å². The van der Waals surface area contributed by atoms with Crippen molar-refractivity contribution in [3.8, 4) is 12.5 Å². The number of rotatable bonds is 1. The zero-order valence-corrected chi connectivity index (χ0v) is 10.0. The van der Waals surface area contributed by atoms with Gasteiger partial charge in [0.05, 0.1) is 5.69 Å². The first kappa shape index (κ1) is 12.4. The fourth-order valence-corrected chi connectivity index (χ4v) is 2.44. The van der Waals surface area contributed by atoms with Crippen LogP contribution in [0.4, 0.5) is 18.9 Å². The monoisotopic (exact) mass is 267 g/mol. The fraction of sp³-hybridized carbons (Fsp3) is 0.429. The summed E-state index contributed by atoms with van der Waals surface area (Å²) < 4.78 is 44.6. The van der Waals surface area contributed by atoms with Gasteiger partial charge in [0.1, 0.15) is 6.23 Å². The van der Waals surface area contributed by atoms with Crippen LogP contribution in [0.2, 0.25) is 0 Å². The van der Waals surface area contributed by atoms with E-state index in [9.17, 15) is 13.2 Å². The molecule has 3 rings (SSSR count). The van der Waals surface area contributed by atoms with Crippen molar-refractivity contribution in [3.05, 3.63) is 29.8 Å². The third kappa shape index (κ3) is 2.06. The summed E-state index contributed by atoms with van der Waals surface area (Å²) in [6.45, 7) is 0. The number of para-hydroxylation sites is 1. The van der Waals surface area contributed by atoms with Crippen molar-refractivity contribution in [2.75, 3.05) is 4.90 Å². The van der Waals surface area contributed by atoms with Crippen molar-refractivity contribution in [3.63, 3.8) is 0 Å². The van der Waals surface area contributed by atoms with Crippen LogP contribution in [-0.4, -0.2) is 12.4 Å². The number of hydrogen-bond acceptors (Lipinski definition) is 2. The van der Waals surface area contributed by atoms with Crippen LogP contribution in [0, 0.1) is 18.4 Å². The number of benzene rings is 1. The van der Waals surface area contributed by atoms with Gasteiger partial charge < -0.3 is 4.74 Å². The number of alkyl halides is 3. The Morgan fingerprint density at radius 3 is 2.53 bits per heavy atom. The lowest BCUT2D eigenvalue weighted by Crippen LogP contribution is -2.44. The molecule has 2 aliphatic rings. The van der Waals surface area contributed by atoms with Crippen LogP contribution in [0.15, 0.2) is 24.3 Å². The summed E-state index contributed by atoms with van der Waals surface area (Å²) in [5.74, 6) is 0.0919. The Labute approximate surface area is 109 Å². The number of ether oxygens (including phenoxy) is 1. The van der Waals surface area contributed by atoms with Gasteiger partial charge in [0, 0.05) is 17.5 Å². The van der Waals surface area contributed by atoms with Crippen LogP contribution in [-0.2, 0) is 4.74 Å². The van der Waals surface area contributed by atoms with Gasteiger partial charge in [-0.3, -0.25) is 4.90 Å². The minimum absolute atomic E-state index is 0.0878. The first-order chi connectivity index (χ1) is 9.02. The highest BCUT2D eigenvalue weighted by Gasteiger charge is 2.51. The van der Waals surface area contributed by atoms with E-state index in [-0.39, 0.29) is 11.5 Å². The molecule has 1 fully saturated rings. The van der Waals surface area contributed by atoms with Crippen molar-refractivity contribution in [2.24, 2.45) is 5.92 Å². The average molecular weight is 267 g/mol. The van der Waals surface area contributed by atoms with E-state index in [2.05, 4.69) is 6.04 Å². The Bertz CT molecular complexity index is 530. The number of fused-ring (bicyclic) bond motifs is 1. The maximum absolute atomic E-state index is 13.1. The molecule has 19 heavy (non-hydrogen) atoms. The summed E-state index contributed by atoms with van der Waals surface area (Å²) in [7, 11) is 0. The molecule has 1 aliphatic heterocycles. The van der Waals surface area contributed by atoms with E-state index in [4.69, 9.17) is 11.2 Å². The Morgan fingerprint density at radius 2 is 1.95 bits per heavy atom. The van der Waals surface area contributed by atoms with Crippen molar-refractivity contribution in [2.45, 2.75) is 31.3 Å². The van der Waals surface area contributed by atoms with E-state index < -0.39 is 18.5 Å². The maximum Gasteiger partial charge on any atom is 0.419 e. The lowest BCUT2D eigenvalue weighted by atomic mass is 10.0. The largest absolute Gasteiger partial charge is 0.419 e. The summed E-state index contributed by atoms with van der Waals surface area (Å²) in [5.41, 5.74) is 0.514. The summed E-state index contributed by atoms with van der Waals surface area (Å²) >= 11 is 0. The molecule has 100 valence electrons. The lowest BCUT2D eigenvalue weighted by molar-refractivity contribution is -0.241. The van der Waals surface area contributed by atoms with Crippen molar-refractivity contribution in [1.82, 2.24) is 0 Å². The van der Waals surface area contributed by atoms with Gasteiger partial charge in [0.15, 0.2) is 6.10 Å². The highest BCUT2D eigenvalue weighted by atomic mass is 19.4. The smallest absolute Gasteiger partial charge is 0.340 e. The minimum atomic E-state index is -4.43. The van der Waals surface area contributed by atoms with Gasteiger partial charge in [-0.1, -0.05) is 24.6 Å². The fourth-order valence-electron chi connectivity index (χ4n) is 2.44. The third-order valence-corrected chi connectivity index (χ3v) is 3.47. The first-order valence-electron chi connectivity index (χ1n) is 6.09. The zero-order chi connectivity index (χ0) is 13.6. The molecule has 1 heterocycles. The maximum atomic E-state index is 13.1. The molecule has 0 N–H and O–H groups in total. The minimum Gasteiger partial charge on any atom is -0.340 e. The topological polar surface area (TPSA) is 12.5 Å². The quantitative estimate of drug-likeness (QED) is 0.722. The number of halogens is 3. The van der Waals surface area contributed by atoms with Crippen LogP contribution in [0.3, 0.4) is 0 Å². The lowest BCUT2D eigenvalue weighted by Gasteiger charge is -2.39. The van der Waals surface area contributed by atoms with Gasteiger partial charge in [-0.15, -0.1) is 0 Å². The van der Waals surface area contributed by atoms with E-state index in [0.717, 1.165) is 12.8 Å². The molecule has 1 aromatic rings. The average Bonchev–Trinajstić information content (AvgIpc) is 3.19. The standard InChI is InChI=1S/C14H12F3NO/c1-2-18-11-6-4-3-5-10(11)12(14(15,16)17)19-13(18)9-7-8-9/h1,3-6,9,12-13H,7-8H2/t12-,13?/m0/s1. The molecule has 0 radical (unpaired) electrons. The Balaban J connectivity index is 2.08. The molecule has 0 spiro atoms. The third-order valence-electron chi connectivity index (χ3n) is 3.47. The van der Waals surface area contributed by atoms with Crippen molar-refractivity contribution < 1.29 is 17.9 Å². The van der Waals surface area contributed by atoms with E-state index in [1.807, 2.05) is 0 Å². The SMILES string of the molecule is C#CN1c2ccccc2[C@@H](C(F)(F)F)OC1C1CC1. The molecule has 5 heteroatoms.